The molecule has 1 atom stereocenters. The van der Waals surface area contributed by atoms with Crippen molar-refractivity contribution in [2.75, 3.05) is 25.9 Å². The van der Waals surface area contributed by atoms with Gasteiger partial charge in [-0.15, -0.1) is 0 Å². The predicted octanol–water partition coefficient (Wildman–Crippen LogP) is 1.06. The Morgan fingerprint density at radius 1 is 1.45 bits per heavy atom. The Labute approximate surface area is 120 Å². The van der Waals surface area contributed by atoms with Gasteiger partial charge in [0.05, 0.1) is 12.7 Å². The van der Waals surface area contributed by atoms with Crippen LogP contribution < -0.4 is 10.5 Å². The fourth-order valence-corrected chi connectivity index (χ4v) is 3.01. The number of nitrogens with zero attached hydrogens (tertiary/aromatic N) is 1. The number of anilines is 1. The van der Waals surface area contributed by atoms with Gasteiger partial charge in [-0.25, -0.2) is 12.7 Å². The molecule has 1 rings (SSSR count). The number of hydrogen-bond donors (Lipinski definition) is 2. The molecule has 0 bridgehead atoms. The minimum atomic E-state index is -3.69. The van der Waals surface area contributed by atoms with E-state index in [1.165, 1.54) is 17.4 Å². The molecular formula is C13H22N2O4S. The Morgan fingerprint density at radius 3 is 2.65 bits per heavy atom. The molecule has 0 fully saturated rings. The summed E-state index contributed by atoms with van der Waals surface area (Å²) in [7, 11) is -2.22. The Balaban J connectivity index is 3.10. The molecule has 114 valence electrons. The highest BCUT2D eigenvalue weighted by Crippen LogP contribution is 2.28. The van der Waals surface area contributed by atoms with Gasteiger partial charge in [0, 0.05) is 19.3 Å². The predicted molar refractivity (Wildman–Crippen MR) is 78.1 cm³/mol. The van der Waals surface area contributed by atoms with E-state index >= 15 is 0 Å². The number of sulfonamides is 1. The lowest BCUT2D eigenvalue weighted by atomic mass is 10.3. The maximum absolute atomic E-state index is 12.5. The van der Waals surface area contributed by atoms with E-state index in [4.69, 9.17) is 10.5 Å². The molecule has 0 aliphatic heterocycles. The van der Waals surface area contributed by atoms with E-state index < -0.39 is 16.1 Å². The van der Waals surface area contributed by atoms with Gasteiger partial charge in [-0.05, 0) is 38.5 Å². The summed E-state index contributed by atoms with van der Waals surface area (Å²) >= 11 is 0. The van der Waals surface area contributed by atoms with E-state index in [1.54, 1.807) is 26.0 Å². The summed E-state index contributed by atoms with van der Waals surface area (Å²) in [5.74, 6) is 0.283. The van der Waals surface area contributed by atoms with Crippen LogP contribution in [0.2, 0.25) is 0 Å². The molecule has 6 nitrogen and oxygen atoms in total. The molecule has 0 heterocycles. The summed E-state index contributed by atoms with van der Waals surface area (Å²) in [5, 5.41) is 9.25. The van der Waals surface area contributed by atoms with E-state index in [1.807, 2.05) is 0 Å². The average molecular weight is 302 g/mol. The molecule has 0 aliphatic rings. The summed E-state index contributed by atoms with van der Waals surface area (Å²) in [5.41, 5.74) is 6.02. The van der Waals surface area contributed by atoms with Crippen LogP contribution in [0.5, 0.6) is 5.75 Å². The third kappa shape index (κ3) is 4.09. The highest BCUT2D eigenvalue weighted by atomic mass is 32.2. The van der Waals surface area contributed by atoms with Crippen molar-refractivity contribution in [2.45, 2.75) is 31.3 Å². The number of aliphatic hydroxyl groups is 1. The van der Waals surface area contributed by atoms with Crippen LogP contribution in [0, 0.1) is 0 Å². The zero-order valence-electron chi connectivity index (χ0n) is 12.0. The maximum Gasteiger partial charge on any atom is 0.246 e. The smallest absolute Gasteiger partial charge is 0.246 e. The molecule has 0 radical (unpaired) electrons. The largest absolute Gasteiger partial charge is 0.492 e. The second-order valence-electron chi connectivity index (χ2n) is 4.60. The van der Waals surface area contributed by atoms with Crippen molar-refractivity contribution in [3.8, 4) is 5.75 Å². The molecule has 7 heteroatoms. The minimum Gasteiger partial charge on any atom is -0.492 e. The van der Waals surface area contributed by atoms with E-state index in [-0.39, 0.29) is 17.2 Å². The number of nitrogens with two attached hydrogens (primary N) is 1. The average Bonchev–Trinajstić information content (AvgIpc) is 2.38. The molecule has 0 saturated heterocycles. The van der Waals surface area contributed by atoms with Crippen LogP contribution in [0.3, 0.4) is 0 Å². The lowest BCUT2D eigenvalue weighted by Gasteiger charge is -2.20. The highest BCUT2D eigenvalue weighted by molar-refractivity contribution is 7.89. The van der Waals surface area contributed by atoms with Gasteiger partial charge < -0.3 is 15.6 Å². The third-order valence-corrected chi connectivity index (χ3v) is 4.70. The number of nitrogen functional groups attached to an aromatic ring is 1. The van der Waals surface area contributed by atoms with Crippen molar-refractivity contribution < 1.29 is 18.3 Å². The van der Waals surface area contributed by atoms with Crippen LogP contribution in [-0.2, 0) is 10.0 Å². The summed E-state index contributed by atoms with van der Waals surface area (Å²) in [6.07, 6.45) is -0.193. The van der Waals surface area contributed by atoms with Crippen molar-refractivity contribution in [3.63, 3.8) is 0 Å². The lowest BCUT2D eigenvalue weighted by Crippen LogP contribution is -2.30. The van der Waals surface area contributed by atoms with Gasteiger partial charge in [0.1, 0.15) is 10.6 Å². The topological polar surface area (TPSA) is 92.9 Å². The first-order valence-electron chi connectivity index (χ1n) is 6.45. The number of benzene rings is 1. The van der Waals surface area contributed by atoms with Crippen molar-refractivity contribution in [1.82, 2.24) is 4.31 Å². The molecule has 0 spiro atoms. The van der Waals surface area contributed by atoms with Crippen LogP contribution in [0.1, 0.15) is 20.3 Å². The number of hydrogen-bond acceptors (Lipinski definition) is 5. The van der Waals surface area contributed by atoms with Gasteiger partial charge in [0.15, 0.2) is 0 Å². The Bertz CT molecular complexity index is 543. The molecule has 1 aromatic carbocycles. The first-order chi connectivity index (χ1) is 9.28. The van der Waals surface area contributed by atoms with Gasteiger partial charge >= 0.3 is 0 Å². The first-order valence-corrected chi connectivity index (χ1v) is 7.89. The first kappa shape index (κ1) is 16.7. The van der Waals surface area contributed by atoms with Crippen molar-refractivity contribution in [2.24, 2.45) is 0 Å². The van der Waals surface area contributed by atoms with E-state index in [0.29, 0.717) is 18.7 Å². The monoisotopic (exact) mass is 302 g/mol. The molecule has 3 N–H and O–H groups in total. The van der Waals surface area contributed by atoms with Crippen LogP contribution in [0.15, 0.2) is 23.1 Å². The number of ether oxygens (including phenoxy) is 1. The Hall–Kier alpha value is -1.31. The van der Waals surface area contributed by atoms with Crippen molar-refractivity contribution in [1.29, 1.82) is 0 Å². The maximum atomic E-state index is 12.5. The van der Waals surface area contributed by atoms with Gasteiger partial charge in [-0.1, -0.05) is 0 Å². The fourth-order valence-electron chi connectivity index (χ4n) is 1.66. The third-order valence-electron chi connectivity index (χ3n) is 2.82. The summed E-state index contributed by atoms with van der Waals surface area (Å²) < 4.78 is 31.5. The Kier molecular flexibility index (Phi) is 5.79. The van der Waals surface area contributed by atoms with Crippen molar-refractivity contribution in [3.05, 3.63) is 18.2 Å². The summed E-state index contributed by atoms with van der Waals surface area (Å²) in [4.78, 5) is 0.0486. The van der Waals surface area contributed by atoms with Crippen LogP contribution in [0.4, 0.5) is 5.69 Å². The van der Waals surface area contributed by atoms with Gasteiger partial charge in [0.25, 0.3) is 0 Å². The van der Waals surface area contributed by atoms with E-state index in [9.17, 15) is 13.5 Å². The SMILES string of the molecule is CCOc1ccc(N)cc1S(=O)(=O)N(C)CCC(C)O. The second kappa shape index (κ2) is 6.92. The Morgan fingerprint density at radius 2 is 2.10 bits per heavy atom. The minimum absolute atomic E-state index is 0.0486. The normalized spacial score (nSPS) is 13.4. The zero-order chi connectivity index (χ0) is 15.3. The van der Waals surface area contributed by atoms with Gasteiger partial charge in [0.2, 0.25) is 10.0 Å². The fraction of sp³-hybridized carbons (Fsp3) is 0.538. The molecule has 1 unspecified atom stereocenters. The molecule has 1 aromatic rings. The molecule has 0 aromatic heterocycles. The number of aliphatic hydroxyl groups excluding tert-OH is 1. The summed E-state index contributed by atoms with van der Waals surface area (Å²) in [6, 6.07) is 4.53. The molecule has 0 aliphatic carbocycles. The van der Waals surface area contributed by atoms with Crippen LogP contribution >= 0.6 is 0 Å². The molecule has 0 saturated carbocycles. The van der Waals surface area contributed by atoms with Gasteiger partial charge in [-0.3, -0.25) is 0 Å². The quantitative estimate of drug-likeness (QED) is 0.735. The van der Waals surface area contributed by atoms with Crippen LogP contribution in [0.25, 0.3) is 0 Å². The molecule has 0 amide bonds. The van der Waals surface area contributed by atoms with E-state index in [0.717, 1.165) is 0 Å². The highest BCUT2D eigenvalue weighted by Gasteiger charge is 2.25. The second-order valence-corrected chi connectivity index (χ2v) is 6.62. The number of rotatable bonds is 7. The van der Waals surface area contributed by atoms with Crippen molar-refractivity contribution >= 4 is 15.7 Å². The standard InChI is InChI=1S/C13H22N2O4S/c1-4-19-12-6-5-11(14)9-13(12)20(17,18)15(3)8-7-10(2)16/h5-6,9-10,16H,4,7-8,14H2,1-3H3. The zero-order valence-corrected chi connectivity index (χ0v) is 12.9. The van der Waals surface area contributed by atoms with E-state index in [2.05, 4.69) is 0 Å². The molecule has 20 heavy (non-hydrogen) atoms. The summed E-state index contributed by atoms with van der Waals surface area (Å²) in [6.45, 7) is 3.99. The molecular weight excluding hydrogens is 280 g/mol. The van der Waals surface area contributed by atoms with Gasteiger partial charge in [-0.2, -0.15) is 0 Å². The lowest BCUT2D eigenvalue weighted by molar-refractivity contribution is 0.177. The van der Waals surface area contributed by atoms with Crippen LogP contribution in [-0.4, -0.2) is 44.1 Å².